The first-order valence-corrected chi connectivity index (χ1v) is 13.4. The van der Waals surface area contributed by atoms with Gasteiger partial charge in [-0.15, -0.1) is 0 Å². The zero-order valence-corrected chi connectivity index (χ0v) is 23.5. The number of thioether (sulfide) groups is 1. The maximum absolute atomic E-state index is 13.6. The van der Waals surface area contributed by atoms with Crippen LogP contribution in [0.4, 0.5) is 10.1 Å². The number of carbonyl (C=O) groups excluding carboxylic acids is 1. The van der Waals surface area contributed by atoms with Crippen LogP contribution < -0.4 is 14.4 Å². The zero-order chi connectivity index (χ0) is 25.1. The van der Waals surface area contributed by atoms with Crippen LogP contribution in [-0.4, -0.2) is 16.8 Å². The van der Waals surface area contributed by atoms with Crippen molar-refractivity contribution in [2.24, 2.45) is 0 Å². The lowest BCUT2D eigenvalue weighted by atomic mass is 10.1. The fourth-order valence-electron chi connectivity index (χ4n) is 3.31. The fourth-order valence-corrected chi connectivity index (χ4v) is 5.75. The van der Waals surface area contributed by atoms with Gasteiger partial charge in [0, 0.05) is 10.6 Å². The molecule has 1 amide bonds. The number of anilines is 1. The van der Waals surface area contributed by atoms with E-state index < -0.39 is 5.82 Å². The average Bonchev–Trinajstić information content (AvgIpc) is 3.09. The largest absolute Gasteiger partial charge is 0.490 e. The van der Waals surface area contributed by atoms with Gasteiger partial charge in [0.15, 0.2) is 15.8 Å². The summed E-state index contributed by atoms with van der Waals surface area (Å²) in [7, 11) is 0. The number of halogens is 4. The van der Waals surface area contributed by atoms with Crippen molar-refractivity contribution in [2.75, 3.05) is 11.5 Å². The van der Waals surface area contributed by atoms with Crippen molar-refractivity contribution < 1.29 is 18.7 Å². The van der Waals surface area contributed by atoms with Gasteiger partial charge in [0.2, 0.25) is 0 Å². The van der Waals surface area contributed by atoms with E-state index in [1.54, 1.807) is 6.08 Å². The molecule has 0 bridgehead atoms. The first kappa shape index (κ1) is 26.2. The number of nitrogens with zero attached hydrogens (tertiary/aromatic N) is 1. The smallest absolute Gasteiger partial charge is 0.270 e. The molecule has 4 nitrogen and oxygen atoms in total. The van der Waals surface area contributed by atoms with E-state index in [-0.39, 0.29) is 17.5 Å². The van der Waals surface area contributed by atoms with Gasteiger partial charge in [0.25, 0.3) is 5.91 Å². The summed E-state index contributed by atoms with van der Waals surface area (Å²) < 4.78 is 26.6. The topological polar surface area (TPSA) is 38.8 Å². The van der Waals surface area contributed by atoms with Crippen LogP contribution in [0.25, 0.3) is 6.08 Å². The second-order valence-corrected chi connectivity index (χ2v) is 10.9. The molecule has 10 heteroatoms. The van der Waals surface area contributed by atoms with Gasteiger partial charge < -0.3 is 9.47 Å². The van der Waals surface area contributed by atoms with E-state index in [0.717, 1.165) is 26.5 Å². The summed E-state index contributed by atoms with van der Waals surface area (Å²) in [6, 6.07) is 15.2. The molecule has 1 heterocycles. The Bertz CT molecular complexity index is 1350. The van der Waals surface area contributed by atoms with E-state index in [9.17, 15) is 9.18 Å². The molecule has 0 N–H and O–H groups in total. The Labute approximate surface area is 235 Å². The standard InChI is InChI=1S/C25H17Cl2FINO3S2/c1-2-32-21-10-14(9-20(29)23(21)33-13-15-5-3-4-6-17(15)26)11-22-24(31)30(25(34)35-22)16-7-8-19(28)18(27)12-16/h3-12H,2,13H2,1H3/b22-11+. The maximum Gasteiger partial charge on any atom is 0.270 e. The highest BCUT2D eigenvalue weighted by Gasteiger charge is 2.33. The molecule has 1 aliphatic heterocycles. The summed E-state index contributed by atoms with van der Waals surface area (Å²) >= 11 is 20.9. The Morgan fingerprint density at radius 1 is 1.11 bits per heavy atom. The lowest BCUT2D eigenvalue weighted by Crippen LogP contribution is -2.27. The lowest BCUT2D eigenvalue weighted by molar-refractivity contribution is -0.113. The van der Waals surface area contributed by atoms with Gasteiger partial charge in [0.05, 0.1) is 25.8 Å². The van der Waals surface area contributed by atoms with Crippen molar-refractivity contribution >= 4 is 91.8 Å². The van der Waals surface area contributed by atoms with Crippen LogP contribution in [0.15, 0.2) is 59.5 Å². The zero-order valence-electron chi connectivity index (χ0n) is 18.2. The highest BCUT2D eigenvalue weighted by atomic mass is 127. The van der Waals surface area contributed by atoms with Gasteiger partial charge in [-0.1, -0.05) is 65.4 Å². The normalized spacial score (nSPS) is 14.7. The minimum atomic E-state index is -0.564. The second kappa shape index (κ2) is 11.5. The van der Waals surface area contributed by atoms with Gasteiger partial charge in [-0.05, 0) is 77.6 Å². The molecule has 0 saturated carbocycles. The predicted molar refractivity (Wildman–Crippen MR) is 153 cm³/mol. The van der Waals surface area contributed by atoms with Crippen molar-refractivity contribution in [3.05, 3.63) is 90.1 Å². The van der Waals surface area contributed by atoms with Crippen LogP contribution in [0.2, 0.25) is 10.0 Å². The number of hydrogen-bond acceptors (Lipinski definition) is 5. The number of thiocarbonyl (C=S) groups is 1. The molecule has 1 saturated heterocycles. The number of benzene rings is 3. The molecule has 0 spiro atoms. The monoisotopic (exact) mass is 659 g/mol. The molecule has 35 heavy (non-hydrogen) atoms. The van der Waals surface area contributed by atoms with Crippen molar-refractivity contribution in [2.45, 2.75) is 13.5 Å². The first-order chi connectivity index (χ1) is 16.8. The van der Waals surface area contributed by atoms with E-state index in [1.165, 1.54) is 23.1 Å². The Balaban J connectivity index is 1.61. The van der Waals surface area contributed by atoms with Crippen LogP contribution in [0, 0.1) is 9.39 Å². The van der Waals surface area contributed by atoms with Gasteiger partial charge in [-0.2, -0.15) is 0 Å². The Kier molecular flexibility index (Phi) is 8.59. The number of amides is 1. The molecule has 3 aromatic rings. The molecule has 1 fully saturated rings. The van der Waals surface area contributed by atoms with Crippen molar-refractivity contribution in [1.29, 1.82) is 0 Å². The Morgan fingerprint density at radius 3 is 2.60 bits per heavy atom. The highest BCUT2D eigenvalue weighted by molar-refractivity contribution is 14.1. The summed E-state index contributed by atoms with van der Waals surface area (Å²) in [5.41, 5.74) is 2.02. The summed E-state index contributed by atoms with van der Waals surface area (Å²) in [5.74, 6) is 0.275. The van der Waals surface area contributed by atoms with E-state index in [2.05, 4.69) is 22.6 Å². The molecule has 3 aromatic carbocycles. The Morgan fingerprint density at radius 2 is 1.89 bits per heavy atom. The molecular weight excluding hydrogens is 643 g/mol. The SMILES string of the molecule is CCOc1cc(/C=C2/SC(=S)N(c3ccc(F)c(Cl)c3)C2=O)cc(I)c1OCc1ccccc1Cl. The third-order valence-corrected chi connectivity index (χ3v) is 7.68. The first-order valence-electron chi connectivity index (χ1n) is 10.3. The third kappa shape index (κ3) is 5.94. The second-order valence-electron chi connectivity index (χ2n) is 7.26. The molecule has 4 rings (SSSR count). The van der Waals surface area contributed by atoms with Crippen LogP contribution >= 0.6 is 69.8 Å². The molecule has 0 unspecified atom stereocenters. The lowest BCUT2D eigenvalue weighted by Gasteiger charge is -2.16. The average molecular weight is 660 g/mol. The number of rotatable bonds is 7. The van der Waals surface area contributed by atoms with Crippen molar-refractivity contribution in [1.82, 2.24) is 0 Å². The summed E-state index contributed by atoms with van der Waals surface area (Å²) in [5, 5.41) is 0.547. The van der Waals surface area contributed by atoms with Crippen molar-refractivity contribution in [3.8, 4) is 11.5 Å². The quantitative estimate of drug-likeness (QED) is 0.146. The van der Waals surface area contributed by atoms with Crippen LogP contribution in [-0.2, 0) is 11.4 Å². The number of hydrogen-bond donors (Lipinski definition) is 0. The van der Waals surface area contributed by atoms with Crippen LogP contribution in [0.3, 0.4) is 0 Å². The fraction of sp³-hybridized carbons (Fsp3) is 0.120. The highest BCUT2D eigenvalue weighted by Crippen LogP contribution is 2.40. The molecular formula is C25H17Cl2FINO3S2. The van der Waals surface area contributed by atoms with Gasteiger partial charge in [0.1, 0.15) is 12.4 Å². The van der Waals surface area contributed by atoms with E-state index in [0.29, 0.717) is 38.0 Å². The molecule has 1 aliphatic rings. The minimum absolute atomic E-state index is 0.0798. The molecule has 0 radical (unpaired) electrons. The van der Waals surface area contributed by atoms with E-state index >= 15 is 0 Å². The molecule has 0 atom stereocenters. The van der Waals surface area contributed by atoms with Crippen LogP contribution in [0.5, 0.6) is 11.5 Å². The summed E-state index contributed by atoms with van der Waals surface area (Å²) in [6.07, 6.45) is 1.74. The van der Waals surface area contributed by atoms with Gasteiger partial charge >= 0.3 is 0 Å². The summed E-state index contributed by atoms with van der Waals surface area (Å²) in [4.78, 5) is 14.9. The Hall–Kier alpha value is -1.85. The van der Waals surface area contributed by atoms with Crippen molar-refractivity contribution in [3.63, 3.8) is 0 Å². The van der Waals surface area contributed by atoms with E-state index in [4.69, 9.17) is 44.9 Å². The molecule has 0 aromatic heterocycles. The van der Waals surface area contributed by atoms with Gasteiger partial charge in [-0.3, -0.25) is 9.69 Å². The van der Waals surface area contributed by atoms with E-state index in [1.807, 2.05) is 43.3 Å². The number of ether oxygens (including phenoxy) is 2. The third-order valence-electron chi connectivity index (χ3n) is 4.91. The molecule has 180 valence electrons. The minimum Gasteiger partial charge on any atom is -0.490 e. The van der Waals surface area contributed by atoms with Crippen LogP contribution in [0.1, 0.15) is 18.1 Å². The summed E-state index contributed by atoms with van der Waals surface area (Å²) in [6.45, 7) is 2.61. The number of carbonyl (C=O) groups is 1. The predicted octanol–water partition coefficient (Wildman–Crippen LogP) is 8.12. The molecule has 0 aliphatic carbocycles. The maximum atomic E-state index is 13.6. The van der Waals surface area contributed by atoms with Gasteiger partial charge in [-0.25, -0.2) is 4.39 Å².